The minimum Gasteiger partial charge on any atom is -0.504 e. The fraction of sp³-hybridized carbons (Fsp3) is 0.348. The van der Waals surface area contributed by atoms with Crippen LogP contribution in [0.2, 0.25) is 0 Å². The summed E-state index contributed by atoms with van der Waals surface area (Å²) in [6.07, 6.45) is 5.38. The molecule has 2 N–H and O–H groups in total. The molecule has 7 nitrogen and oxygen atoms in total. The third-order valence-electron chi connectivity index (χ3n) is 5.40. The lowest BCUT2D eigenvalue weighted by Crippen LogP contribution is -2.34. The average molecular weight is 406 g/mol. The summed E-state index contributed by atoms with van der Waals surface area (Å²) in [4.78, 5) is 26.2. The molecule has 156 valence electrons. The first-order valence-corrected chi connectivity index (χ1v) is 10.3. The molecule has 2 aromatic heterocycles. The molecule has 7 heteroatoms. The number of hydrogen-bond donors (Lipinski definition) is 2. The number of ether oxygens (including phenoxy) is 1. The molecule has 4 rings (SSSR count). The van der Waals surface area contributed by atoms with Gasteiger partial charge in [-0.3, -0.25) is 14.7 Å². The molecule has 0 bridgehead atoms. The number of hydrogen-bond acceptors (Lipinski definition) is 6. The molecule has 0 radical (unpaired) electrons. The Bertz CT molecular complexity index is 1050. The monoisotopic (exact) mass is 406 g/mol. The van der Waals surface area contributed by atoms with Crippen LogP contribution in [0.4, 0.5) is 0 Å². The first-order valence-electron chi connectivity index (χ1n) is 10.3. The molecular formula is C23H26N4O3. The van der Waals surface area contributed by atoms with Crippen molar-refractivity contribution in [3.8, 4) is 22.9 Å². The molecule has 1 saturated heterocycles. The van der Waals surface area contributed by atoms with Crippen molar-refractivity contribution >= 4 is 0 Å². The molecule has 1 aliphatic rings. The van der Waals surface area contributed by atoms with Gasteiger partial charge in [-0.2, -0.15) is 0 Å². The standard InChI is InChI=1S/C23H26N4O3/c1-2-30-20-9-3-6-18(22(20)29)15-27-11-5-8-17(14-27)19-12-21(28)26-23(25-19)16-7-4-10-24-13-16/h3-4,6-7,9-10,12-13,17,29H,2,5,8,11,14-15H2,1H3,(H,25,26,28). The topological polar surface area (TPSA) is 91.3 Å². The molecule has 1 atom stereocenters. The number of phenols is 1. The molecule has 0 saturated carbocycles. The Balaban J connectivity index is 1.53. The van der Waals surface area contributed by atoms with Crippen LogP contribution in [0.3, 0.4) is 0 Å². The van der Waals surface area contributed by atoms with Crippen LogP contribution < -0.4 is 10.3 Å². The first-order chi connectivity index (χ1) is 14.6. The number of pyridine rings is 1. The Morgan fingerprint density at radius 3 is 3.00 bits per heavy atom. The maximum atomic E-state index is 12.3. The smallest absolute Gasteiger partial charge is 0.251 e. The van der Waals surface area contributed by atoms with Gasteiger partial charge in [-0.1, -0.05) is 12.1 Å². The van der Waals surface area contributed by atoms with Crippen molar-refractivity contribution in [1.29, 1.82) is 0 Å². The Labute approximate surface area is 175 Å². The number of rotatable bonds is 6. The maximum Gasteiger partial charge on any atom is 0.251 e. The van der Waals surface area contributed by atoms with Gasteiger partial charge in [-0.15, -0.1) is 0 Å². The van der Waals surface area contributed by atoms with Gasteiger partial charge in [-0.05, 0) is 44.5 Å². The minimum atomic E-state index is -0.155. The lowest BCUT2D eigenvalue weighted by Gasteiger charge is -2.32. The van der Waals surface area contributed by atoms with E-state index in [1.807, 2.05) is 31.2 Å². The van der Waals surface area contributed by atoms with Gasteiger partial charge in [0, 0.05) is 48.6 Å². The highest BCUT2D eigenvalue weighted by Crippen LogP contribution is 2.33. The van der Waals surface area contributed by atoms with Crippen molar-refractivity contribution in [3.63, 3.8) is 0 Å². The third kappa shape index (κ3) is 4.52. The molecule has 1 aliphatic heterocycles. The zero-order valence-corrected chi connectivity index (χ0v) is 17.0. The summed E-state index contributed by atoms with van der Waals surface area (Å²) < 4.78 is 5.50. The molecule has 3 heterocycles. The van der Waals surface area contributed by atoms with Crippen LogP contribution in [-0.2, 0) is 6.54 Å². The number of nitrogens with one attached hydrogen (secondary N) is 1. The Morgan fingerprint density at radius 2 is 2.20 bits per heavy atom. The number of H-pyrrole nitrogens is 1. The van der Waals surface area contributed by atoms with E-state index >= 15 is 0 Å². The van der Waals surface area contributed by atoms with Gasteiger partial charge in [0.05, 0.1) is 12.3 Å². The lowest BCUT2D eigenvalue weighted by molar-refractivity contribution is 0.196. The number of nitrogens with zero attached hydrogens (tertiary/aromatic N) is 3. The Kier molecular flexibility index (Phi) is 6.09. The predicted octanol–water partition coefficient (Wildman–Crippen LogP) is 3.32. The van der Waals surface area contributed by atoms with Crippen LogP contribution in [0.15, 0.2) is 53.6 Å². The van der Waals surface area contributed by atoms with Gasteiger partial charge >= 0.3 is 0 Å². The van der Waals surface area contributed by atoms with Crippen molar-refractivity contribution in [3.05, 3.63) is 70.4 Å². The fourth-order valence-electron chi connectivity index (χ4n) is 3.97. The molecule has 0 spiro atoms. The number of para-hydroxylation sites is 1. The van der Waals surface area contributed by atoms with Gasteiger partial charge in [0.15, 0.2) is 11.5 Å². The highest BCUT2D eigenvalue weighted by Gasteiger charge is 2.24. The van der Waals surface area contributed by atoms with E-state index in [1.54, 1.807) is 24.5 Å². The van der Waals surface area contributed by atoms with E-state index in [0.717, 1.165) is 42.8 Å². The van der Waals surface area contributed by atoms with Crippen LogP contribution in [0.5, 0.6) is 11.5 Å². The van der Waals surface area contributed by atoms with E-state index in [0.29, 0.717) is 24.7 Å². The quantitative estimate of drug-likeness (QED) is 0.653. The molecule has 1 aromatic carbocycles. The summed E-state index contributed by atoms with van der Waals surface area (Å²) in [7, 11) is 0. The van der Waals surface area contributed by atoms with Gasteiger partial charge in [0.25, 0.3) is 5.56 Å². The summed E-state index contributed by atoms with van der Waals surface area (Å²) in [5, 5.41) is 10.5. The van der Waals surface area contributed by atoms with Crippen molar-refractivity contribution in [1.82, 2.24) is 19.9 Å². The van der Waals surface area contributed by atoms with E-state index in [9.17, 15) is 9.90 Å². The summed E-state index contributed by atoms with van der Waals surface area (Å²) >= 11 is 0. The van der Waals surface area contributed by atoms with Gasteiger partial charge < -0.3 is 14.8 Å². The first kappa shape index (κ1) is 20.1. The summed E-state index contributed by atoms with van der Waals surface area (Å²) in [6, 6.07) is 10.9. The molecule has 3 aromatic rings. The lowest BCUT2D eigenvalue weighted by atomic mass is 9.94. The zero-order chi connectivity index (χ0) is 20.9. The molecule has 1 unspecified atom stereocenters. The number of benzene rings is 1. The summed E-state index contributed by atoms with van der Waals surface area (Å²) in [6.45, 7) is 4.75. The van der Waals surface area contributed by atoms with Gasteiger partial charge in [-0.25, -0.2) is 4.98 Å². The Morgan fingerprint density at radius 1 is 1.30 bits per heavy atom. The third-order valence-corrected chi connectivity index (χ3v) is 5.40. The minimum absolute atomic E-state index is 0.155. The number of piperidine rings is 1. The van der Waals surface area contributed by atoms with E-state index in [2.05, 4.69) is 14.9 Å². The summed E-state index contributed by atoms with van der Waals surface area (Å²) in [5.74, 6) is 1.43. The highest BCUT2D eigenvalue weighted by molar-refractivity contribution is 5.52. The number of phenolic OH excluding ortho intramolecular Hbond substituents is 1. The van der Waals surface area contributed by atoms with Gasteiger partial charge in [0.1, 0.15) is 5.82 Å². The highest BCUT2D eigenvalue weighted by atomic mass is 16.5. The zero-order valence-electron chi connectivity index (χ0n) is 17.0. The second-order valence-electron chi connectivity index (χ2n) is 7.53. The van der Waals surface area contributed by atoms with Crippen LogP contribution in [0.25, 0.3) is 11.4 Å². The van der Waals surface area contributed by atoms with Crippen molar-refractivity contribution in [2.45, 2.75) is 32.2 Å². The van der Waals surface area contributed by atoms with E-state index in [1.165, 1.54) is 0 Å². The summed E-state index contributed by atoms with van der Waals surface area (Å²) in [5.41, 5.74) is 2.28. The second kappa shape index (κ2) is 9.09. The predicted molar refractivity (Wildman–Crippen MR) is 115 cm³/mol. The number of aromatic amines is 1. The second-order valence-corrected chi connectivity index (χ2v) is 7.53. The number of aromatic hydroxyl groups is 1. The molecule has 30 heavy (non-hydrogen) atoms. The molecule has 0 aliphatic carbocycles. The van der Waals surface area contributed by atoms with Crippen LogP contribution in [-0.4, -0.2) is 44.7 Å². The largest absolute Gasteiger partial charge is 0.504 e. The molecule has 0 amide bonds. The maximum absolute atomic E-state index is 12.3. The van der Waals surface area contributed by atoms with Crippen molar-refractivity contribution in [2.24, 2.45) is 0 Å². The van der Waals surface area contributed by atoms with Gasteiger partial charge in [0.2, 0.25) is 0 Å². The average Bonchev–Trinajstić information content (AvgIpc) is 2.77. The van der Waals surface area contributed by atoms with Crippen LogP contribution in [0.1, 0.15) is 36.9 Å². The number of aromatic nitrogens is 3. The van der Waals surface area contributed by atoms with Crippen molar-refractivity contribution < 1.29 is 9.84 Å². The van der Waals surface area contributed by atoms with E-state index in [4.69, 9.17) is 9.72 Å². The Hall–Kier alpha value is -3.19. The van der Waals surface area contributed by atoms with Crippen LogP contribution in [0, 0.1) is 0 Å². The number of likely N-dealkylation sites (tertiary alicyclic amines) is 1. The normalized spacial score (nSPS) is 17.0. The van der Waals surface area contributed by atoms with Crippen LogP contribution >= 0.6 is 0 Å². The molecular weight excluding hydrogens is 380 g/mol. The SMILES string of the molecule is CCOc1cccc(CN2CCCC(c3cc(=O)[nH]c(-c4cccnc4)n3)C2)c1O. The van der Waals surface area contributed by atoms with E-state index in [-0.39, 0.29) is 17.2 Å². The van der Waals surface area contributed by atoms with Crippen molar-refractivity contribution in [2.75, 3.05) is 19.7 Å². The fourth-order valence-corrected chi connectivity index (χ4v) is 3.97. The molecule has 1 fully saturated rings. The van der Waals surface area contributed by atoms with E-state index < -0.39 is 0 Å².